The van der Waals surface area contributed by atoms with Gasteiger partial charge in [-0.05, 0) is 78.4 Å². The van der Waals surface area contributed by atoms with Crippen molar-refractivity contribution in [3.05, 3.63) is 83.9 Å². The molecule has 0 aromatic heterocycles. The molecule has 4 amide bonds. The third-order valence-electron chi connectivity index (χ3n) is 7.13. The Hall–Kier alpha value is -4.47. The van der Waals surface area contributed by atoms with Crippen LogP contribution >= 0.6 is 0 Å². The number of halogens is 2. The summed E-state index contributed by atoms with van der Waals surface area (Å²) in [6.07, 6.45) is 1.02. The number of urea groups is 1. The lowest BCUT2D eigenvalue weighted by Gasteiger charge is -2.23. The smallest absolute Gasteiger partial charge is 0.387 e. The van der Waals surface area contributed by atoms with Crippen molar-refractivity contribution in [2.24, 2.45) is 0 Å². The van der Waals surface area contributed by atoms with Crippen LogP contribution in [-0.4, -0.2) is 35.9 Å². The van der Waals surface area contributed by atoms with E-state index in [9.17, 15) is 23.2 Å². The Kier molecular flexibility index (Phi) is 8.08. The van der Waals surface area contributed by atoms with Gasteiger partial charge < -0.3 is 20.1 Å². The molecule has 1 saturated heterocycles. The van der Waals surface area contributed by atoms with Crippen LogP contribution in [0.3, 0.4) is 0 Å². The Morgan fingerprint density at radius 2 is 1.50 bits per heavy atom. The van der Waals surface area contributed by atoms with Gasteiger partial charge in [-0.15, -0.1) is 0 Å². The maximum atomic E-state index is 13.1. The van der Waals surface area contributed by atoms with Crippen molar-refractivity contribution in [1.29, 1.82) is 0 Å². The number of rotatable bonds is 10. The van der Waals surface area contributed by atoms with Crippen molar-refractivity contribution in [2.45, 2.75) is 51.7 Å². The van der Waals surface area contributed by atoms with E-state index >= 15 is 0 Å². The van der Waals surface area contributed by atoms with Crippen LogP contribution in [-0.2, 0) is 20.5 Å². The number of nitrogens with one attached hydrogen (secondary N) is 2. The summed E-state index contributed by atoms with van der Waals surface area (Å²) in [6, 6.07) is 19.3. The van der Waals surface area contributed by atoms with E-state index in [-0.39, 0.29) is 11.2 Å². The predicted molar refractivity (Wildman–Crippen MR) is 146 cm³/mol. The Bertz CT molecular complexity index is 1380. The molecular weight excluding hydrogens is 520 g/mol. The molecule has 40 heavy (non-hydrogen) atoms. The van der Waals surface area contributed by atoms with Gasteiger partial charge in [0.15, 0.2) is 0 Å². The summed E-state index contributed by atoms with van der Waals surface area (Å²) in [5, 5.41) is 5.24. The lowest BCUT2D eigenvalue weighted by molar-refractivity contribution is -0.133. The Morgan fingerprint density at radius 1 is 0.950 bits per heavy atom. The molecule has 1 aliphatic rings. The van der Waals surface area contributed by atoms with Crippen LogP contribution in [0.2, 0.25) is 0 Å². The minimum absolute atomic E-state index is 0.0801. The van der Waals surface area contributed by atoms with Gasteiger partial charge in [0.2, 0.25) is 5.91 Å². The van der Waals surface area contributed by atoms with Gasteiger partial charge in [0.05, 0.1) is 0 Å². The van der Waals surface area contributed by atoms with E-state index in [2.05, 4.69) is 36.1 Å². The number of anilines is 1. The zero-order chi connectivity index (χ0) is 29.1. The summed E-state index contributed by atoms with van der Waals surface area (Å²) >= 11 is 0. The van der Waals surface area contributed by atoms with E-state index in [0.717, 1.165) is 11.3 Å². The van der Waals surface area contributed by atoms with E-state index in [1.807, 2.05) is 24.3 Å². The van der Waals surface area contributed by atoms with Crippen molar-refractivity contribution in [2.75, 3.05) is 11.9 Å². The third-order valence-corrected chi connectivity index (χ3v) is 7.13. The van der Waals surface area contributed by atoms with E-state index in [1.54, 1.807) is 24.3 Å². The molecule has 0 aliphatic carbocycles. The molecule has 10 heteroatoms. The lowest BCUT2D eigenvalue weighted by atomic mass is 9.82. The third kappa shape index (κ3) is 6.22. The quantitative estimate of drug-likeness (QED) is 0.294. The second-order valence-electron chi connectivity index (χ2n) is 10.3. The fourth-order valence-electron chi connectivity index (χ4n) is 4.27. The number of hydrogen-bond donors (Lipinski definition) is 2. The topological polar surface area (TPSA) is 97.0 Å². The molecule has 4 rings (SSSR count). The second kappa shape index (κ2) is 11.3. The molecule has 0 bridgehead atoms. The van der Waals surface area contributed by atoms with Gasteiger partial charge in [-0.2, -0.15) is 8.78 Å². The van der Waals surface area contributed by atoms with Gasteiger partial charge in [-0.1, -0.05) is 45.0 Å². The van der Waals surface area contributed by atoms with Crippen LogP contribution in [0.25, 0.3) is 0 Å². The monoisotopic (exact) mass is 551 g/mol. The number of benzene rings is 3. The van der Waals surface area contributed by atoms with Crippen LogP contribution < -0.4 is 20.1 Å². The molecule has 0 saturated carbocycles. The molecule has 1 heterocycles. The number of nitrogens with zero attached hydrogens (tertiary/aromatic N) is 1. The molecule has 1 atom stereocenters. The molecule has 8 nitrogen and oxygen atoms in total. The molecule has 0 spiro atoms. The van der Waals surface area contributed by atoms with Crippen molar-refractivity contribution >= 4 is 23.5 Å². The number of hydrogen-bond acceptors (Lipinski definition) is 5. The average molecular weight is 552 g/mol. The van der Waals surface area contributed by atoms with Gasteiger partial charge in [0, 0.05) is 5.69 Å². The van der Waals surface area contributed by atoms with Crippen molar-refractivity contribution < 1.29 is 32.6 Å². The Balaban J connectivity index is 1.35. The first-order valence-electron chi connectivity index (χ1n) is 12.8. The maximum absolute atomic E-state index is 13.1. The lowest BCUT2D eigenvalue weighted by Crippen LogP contribution is -2.42. The Morgan fingerprint density at radius 3 is 2.05 bits per heavy atom. The fourth-order valence-corrected chi connectivity index (χ4v) is 4.27. The van der Waals surface area contributed by atoms with Gasteiger partial charge in [0.1, 0.15) is 29.3 Å². The standard InChI is InChI=1S/C30H31F2N3O5/c1-5-29(2,3)19-6-12-22(13-7-19)39-23-16-10-21(11-17-23)33-25(36)18-35-26(37)30(4,34-28(35)38)20-8-14-24(15-9-20)40-27(31)32/h6-17,27H,5,18H2,1-4H3,(H,33,36)(H,34,38)/t30-/m1/s1. The first kappa shape index (κ1) is 28.5. The average Bonchev–Trinajstić information content (AvgIpc) is 3.13. The van der Waals surface area contributed by atoms with Gasteiger partial charge in [0.25, 0.3) is 5.91 Å². The van der Waals surface area contributed by atoms with Crippen molar-refractivity contribution in [3.63, 3.8) is 0 Å². The number of alkyl halides is 2. The molecule has 3 aromatic carbocycles. The molecule has 0 unspecified atom stereocenters. The number of ether oxygens (including phenoxy) is 2. The molecule has 2 N–H and O–H groups in total. The number of imide groups is 1. The maximum Gasteiger partial charge on any atom is 0.387 e. The van der Waals surface area contributed by atoms with Crippen LogP contribution in [0.4, 0.5) is 19.3 Å². The normalized spacial score (nSPS) is 17.1. The number of carbonyl (C=O) groups is 3. The molecular formula is C30H31F2N3O5. The minimum Gasteiger partial charge on any atom is -0.457 e. The van der Waals surface area contributed by atoms with Crippen molar-refractivity contribution in [3.8, 4) is 17.2 Å². The highest BCUT2D eigenvalue weighted by Gasteiger charge is 2.49. The van der Waals surface area contributed by atoms with Crippen LogP contribution in [0, 0.1) is 0 Å². The van der Waals surface area contributed by atoms with Gasteiger partial charge >= 0.3 is 12.6 Å². The first-order valence-corrected chi connectivity index (χ1v) is 12.8. The Labute approximate surface area is 231 Å². The molecule has 3 aromatic rings. The molecule has 1 fully saturated rings. The summed E-state index contributed by atoms with van der Waals surface area (Å²) in [6.45, 7) is 4.52. The van der Waals surface area contributed by atoms with Crippen molar-refractivity contribution in [1.82, 2.24) is 10.2 Å². The molecule has 0 radical (unpaired) electrons. The SMILES string of the molecule is CCC(C)(C)c1ccc(Oc2ccc(NC(=O)CN3C(=O)N[C@](C)(c4ccc(OC(F)F)cc4)C3=O)cc2)cc1. The number of amides is 4. The van der Waals surface area contributed by atoms with E-state index in [4.69, 9.17) is 4.74 Å². The van der Waals surface area contributed by atoms with Gasteiger partial charge in [-0.3, -0.25) is 14.5 Å². The van der Waals surface area contributed by atoms with Crippen LogP contribution in [0.15, 0.2) is 72.8 Å². The minimum atomic E-state index is -2.98. The summed E-state index contributed by atoms with van der Waals surface area (Å²) in [4.78, 5) is 39.1. The number of carbonyl (C=O) groups excluding carboxylic acids is 3. The van der Waals surface area contributed by atoms with E-state index in [1.165, 1.54) is 36.8 Å². The second-order valence-corrected chi connectivity index (χ2v) is 10.3. The summed E-state index contributed by atoms with van der Waals surface area (Å²) in [5.74, 6) is -0.0373. The zero-order valence-electron chi connectivity index (χ0n) is 22.7. The summed E-state index contributed by atoms with van der Waals surface area (Å²) < 4.78 is 35.1. The highest BCUT2D eigenvalue weighted by atomic mass is 19.3. The van der Waals surface area contributed by atoms with Crippen LogP contribution in [0.5, 0.6) is 17.2 Å². The van der Waals surface area contributed by atoms with E-state index < -0.39 is 36.5 Å². The van der Waals surface area contributed by atoms with Crippen LogP contribution in [0.1, 0.15) is 45.2 Å². The summed E-state index contributed by atoms with van der Waals surface area (Å²) in [7, 11) is 0. The fraction of sp³-hybridized carbons (Fsp3) is 0.300. The molecule has 1 aliphatic heterocycles. The molecule has 210 valence electrons. The first-order chi connectivity index (χ1) is 18.9. The highest BCUT2D eigenvalue weighted by molar-refractivity contribution is 6.10. The highest BCUT2D eigenvalue weighted by Crippen LogP contribution is 2.31. The predicted octanol–water partition coefficient (Wildman–Crippen LogP) is 6.17. The van der Waals surface area contributed by atoms with E-state index in [0.29, 0.717) is 22.7 Å². The largest absolute Gasteiger partial charge is 0.457 e. The van der Waals surface area contributed by atoms with Gasteiger partial charge in [-0.25, -0.2) is 4.79 Å². The zero-order valence-corrected chi connectivity index (χ0v) is 22.7. The summed E-state index contributed by atoms with van der Waals surface area (Å²) in [5.41, 5.74) is 0.653.